The number of methoxy groups -OCH3 is 1. The zero-order valence-corrected chi connectivity index (χ0v) is 25.5. The maximum absolute atomic E-state index is 15.4. The number of carbonyl (C=O) groups excluding carboxylic acids is 1. The van der Waals surface area contributed by atoms with E-state index in [2.05, 4.69) is 26.4 Å². The smallest absolute Gasteiger partial charge is 0.267 e. The van der Waals surface area contributed by atoms with Crippen LogP contribution in [0.4, 0.5) is 14.5 Å². The summed E-state index contributed by atoms with van der Waals surface area (Å²) < 4.78 is 64.6. The number of aliphatic imine (C=N–C) groups is 1. The van der Waals surface area contributed by atoms with Crippen molar-refractivity contribution in [1.29, 1.82) is 0 Å². The average Bonchev–Trinajstić information content (AvgIpc) is 3.46. The fourth-order valence-corrected chi connectivity index (χ4v) is 4.78. The molecule has 2 aromatic heterocycles. The predicted molar refractivity (Wildman–Crippen MR) is 159 cm³/mol. The summed E-state index contributed by atoms with van der Waals surface area (Å²) in [5.41, 5.74) is -0.534. The number of halogens is 3. The van der Waals surface area contributed by atoms with Gasteiger partial charge in [-0.05, 0) is 38.1 Å². The first-order chi connectivity index (χ1) is 19.9. The first-order valence-electron chi connectivity index (χ1n) is 12.4. The minimum Gasteiger partial charge on any atom is -0.480 e. The minimum atomic E-state index is -4.42. The number of anilines is 1. The molecule has 0 atom stereocenters. The molecular formula is C28H31ClF2N6O4S. The van der Waals surface area contributed by atoms with Gasteiger partial charge in [-0.3, -0.25) is 19.2 Å². The number of carbonyl (C=O) groups is 1. The molecule has 10 nitrogen and oxygen atoms in total. The Kier molecular flexibility index (Phi) is 12.1. The number of ether oxygens (including phenoxy) is 1. The summed E-state index contributed by atoms with van der Waals surface area (Å²) >= 11 is 5.85. The highest BCUT2D eigenvalue weighted by Gasteiger charge is 2.26. The zero-order chi connectivity index (χ0) is 31.6. The summed E-state index contributed by atoms with van der Waals surface area (Å²) in [6, 6.07) is 4.80. The Morgan fingerprint density at radius 1 is 1.21 bits per heavy atom. The standard InChI is InChI=1S/C22H19ClF2N4O4S.C4H6N2.C2H6/c1-5-29-11-17(26-10-18(29)12(2)13(3)30)20-15(24)6-7-16(21(20)25)28-34(31,32)19-8-14(23)9-27-22(19)33-4;1-6-4-2-3-5-6;1-2/h5-11,28H,1H2,2-4H3;2-4H,1H3;1-2H3/b18-12+;;. The van der Waals surface area contributed by atoms with E-state index in [1.807, 2.05) is 33.2 Å². The lowest BCUT2D eigenvalue weighted by atomic mass is 10.1. The highest BCUT2D eigenvalue weighted by molar-refractivity contribution is 7.92. The molecule has 0 unspecified atom stereocenters. The van der Waals surface area contributed by atoms with Gasteiger partial charge >= 0.3 is 0 Å². The molecule has 0 radical (unpaired) electrons. The van der Waals surface area contributed by atoms with E-state index in [9.17, 15) is 17.6 Å². The Balaban J connectivity index is 0.000000672. The van der Waals surface area contributed by atoms with Gasteiger partial charge < -0.3 is 9.64 Å². The van der Waals surface area contributed by atoms with Gasteiger partial charge in [0.2, 0.25) is 5.88 Å². The molecule has 1 aromatic carbocycles. The molecule has 3 aromatic rings. The Morgan fingerprint density at radius 3 is 2.43 bits per heavy atom. The largest absolute Gasteiger partial charge is 0.480 e. The summed E-state index contributed by atoms with van der Waals surface area (Å²) in [4.78, 5) is 20.5. The molecule has 0 saturated carbocycles. The highest BCUT2D eigenvalue weighted by Crippen LogP contribution is 2.33. The third-order valence-corrected chi connectivity index (χ3v) is 7.04. The second-order valence-electron chi connectivity index (χ2n) is 8.16. The van der Waals surface area contributed by atoms with Crippen LogP contribution in [-0.4, -0.2) is 47.2 Å². The zero-order valence-electron chi connectivity index (χ0n) is 23.9. The molecule has 1 aliphatic rings. The van der Waals surface area contributed by atoms with Crippen LogP contribution >= 0.6 is 11.6 Å². The Bertz CT molecular complexity index is 1640. The first-order valence-corrected chi connectivity index (χ1v) is 14.3. The fraction of sp³-hybridized carbons (Fsp3) is 0.214. The third-order valence-electron chi connectivity index (χ3n) is 5.47. The summed E-state index contributed by atoms with van der Waals surface area (Å²) in [5, 5.41) is 3.84. The molecule has 42 heavy (non-hydrogen) atoms. The number of rotatable bonds is 7. The second-order valence-corrected chi connectivity index (χ2v) is 10.2. The van der Waals surface area contributed by atoms with E-state index in [1.54, 1.807) is 17.8 Å². The van der Waals surface area contributed by atoms with Crippen molar-refractivity contribution < 1.29 is 26.7 Å². The van der Waals surface area contributed by atoms with Gasteiger partial charge in [-0.2, -0.15) is 5.10 Å². The quantitative estimate of drug-likeness (QED) is 0.324. The lowest BCUT2D eigenvalue weighted by Crippen LogP contribution is -2.19. The van der Waals surface area contributed by atoms with Crippen molar-refractivity contribution in [3.05, 3.63) is 95.3 Å². The molecule has 3 heterocycles. The van der Waals surface area contributed by atoms with Gasteiger partial charge in [0.25, 0.3) is 10.0 Å². The van der Waals surface area contributed by atoms with E-state index in [0.717, 1.165) is 18.2 Å². The molecule has 0 bridgehead atoms. The molecular weight excluding hydrogens is 590 g/mol. The van der Waals surface area contributed by atoms with E-state index in [4.69, 9.17) is 16.3 Å². The van der Waals surface area contributed by atoms with Crippen LogP contribution in [0.1, 0.15) is 33.3 Å². The number of aryl methyl sites for hydroxylation is 1. The van der Waals surface area contributed by atoms with Crippen LogP contribution in [0.5, 0.6) is 5.88 Å². The van der Waals surface area contributed by atoms with Gasteiger partial charge in [0.1, 0.15) is 5.82 Å². The predicted octanol–water partition coefficient (Wildman–Crippen LogP) is 5.96. The number of pyridine rings is 1. The molecule has 224 valence electrons. The number of Topliss-reactive ketones (excluding diaryl/α,β-unsaturated/α-hetero) is 1. The Labute approximate surface area is 248 Å². The maximum Gasteiger partial charge on any atom is 0.267 e. The van der Waals surface area contributed by atoms with E-state index < -0.39 is 37.8 Å². The van der Waals surface area contributed by atoms with Crippen molar-refractivity contribution in [1.82, 2.24) is 19.7 Å². The van der Waals surface area contributed by atoms with E-state index in [0.29, 0.717) is 11.3 Å². The van der Waals surface area contributed by atoms with Crippen LogP contribution in [-0.2, 0) is 21.9 Å². The SMILES string of the molecule is C=CN1C=C(c2c(F)ccc(NS(=O)(=O)c3cc(Cl)cnc3OC)c2F)N=C/C1=C(/C)C(C)=O.CC.Cn1cccn1. The normalized spacial score (nSPS) is 13.5. The number of aromatic nitrogens is 3. The lowest BCUT2D eigenvalue weighted by molar-refractivity contribution is -0.113. The van der Waals surface area contributed by atoms with E-state index in [-0.39, 0.29) is 22.4 Å². The number of nitrogens with zero attached hydrogens (tertiary/aromatic N) is 5. The summed E-state index contributed by atoms with van der Waals surface area (Å²) in [5.74, 6) is -2.67. The van der Waals surface area contributed by atoms with Crippen LogP contribution in [0.2, 0.25) is 5.02 Å². The van der Waals surface area contributed by atoms with Gasteiger partial charge in [-0.1, -0.05) is 32.0 Å². The van der Waals surface area contributed by atoms with Crippen molar-refractivity contribution in [2.75, 3.05) is 11.8 Å². The number of benzene rings is 1. The van der Waals surface area contributed by atoms with Crippen LogP contribution in [0.25, 0.3) is 5.70 Å². The first kappa shape index (κ1) is 33.8. The fourth-order valence-electron chi connectivity index (χ4n) is 3.35. The topological polar surface area (TPSA) is 119 Å². The maximum atomic E-state index is 15.4. The van der Waals surface area contributed by atoms with Crippen molar-refractivity contribution in [2.24, 2.45) is 12.0 Å². The van der Waals surface area contributed by atoms with Gasteiger partial charge in [0.05, 0.1) is 41.0 Å². The molecule has 4 rings (SSSR count). The van der Waals surface area contributed by atoms with Gasteiger partial charge in [-0.15, -0.1) is 0 Å². The Hall–Kier alpha value is -4.36. The number of nitrogens with one attached hydrogen (secondary N) is 1. The third kappa shape index (κ3) is 8.10. The van der Waals surface area contributed by atoms with E-state index >= 15 is 4.39 Å². The lowest BCUT2D eigenvalue weighted by Gasteiger charge is -2.23. The second kappa shape index (κ2) is 15.0. The van der Waals surface area contributed by atoms with Crippen molar-refractivity contribution in [3.63, 3.8) is 0 Å². The van der Waals surface area contributed by atoms with Crippen LogP contribution in [0, 0.1) is 11.6 Å². The summed E-state index contributed by atoms with van der Waals surface area (Å²) in [7, 11) is -1.32. The summed E-state index contributed by atoms with van der Waals surface area (Å²) in [6.07, 6.45) is 8.71. The number of hydrogen-bond acceptors (Lipinski definition) is 8. The van der Waals surface area contributed by atoms with Crippen molar-refractivity contribution >= 4 is 45.0 Å². The molecule has 14 heteroatoms. The number of ketones is 1. The number of allylic oxidation sites excluding steroid dienone is 2. The van der Waals surface area contributed by atoms with Crippen molar-refractivity contribution in [3.8, 4) is 5.88 Å². The van der Waals surface area contributed by atoms with Gasteiger partial charge in [0, 0.05) is 43.6 Å². The van der Waals surface area contributed by atoms with Crippen LogP contribution in [0.15, 0.2) is 83.0 Å². The van der Waals surface area contributed by atoms with E-state index in [1.165, 1.54) is 43.7 Å². The molecule has 0 saturated heterocycles. The Morgan fingerprint density at radius 2 is 1.90 bits per heavy atom. The molecule has 1 N–H and O–H groups in total. The molecule has 0 fully saturated rings. The highest BCUT2D eigenvalue weighted by atomic mass is 35.5. The molecule has 1 aliphatic heterocycles. The molecule has 0 aliphatic carbocycles. The van der Waals surface area contributed by atoms with Crippen molar-refractivity contribution in [2.45, 2.75) is 32.6 Å². The van der Waals surface area contributed by atoms with Crippen LogP contribution < -0.4 is 9.46 Å². The van der Waals surface area contributed by atoms with Gasteiger partial charge in [0.15, 0.2) is 16.5 Å². The number of hydrogen-bond donors (Lipinski definition) is 1. The monoisotopic (exact) mass is 620 g/mol. The molecule has 0 spiro atoms. The van der Waals surface area contributed by atoms with Gasteiger partial charge in [-0.25, -0.2) is 22.2 Å². The minimum absolute atomic E-state index is 0.0115. The summed E-state index contributed by atoms with van der Waals surface area (Å²) in [6.45, 7) is 10.6. The van der Waals surface area contributed by atoms with Crippen LogP contribution in [0.3, 0.4) is 0 Å². The molecule has 0 amide bonds. The average molecular weight is 621 g/mol. The number of sulfonamides is 1.